The minimum absolute atomic E-state index is 0.368. The fourth-order valence-corrected chi connectivity index (χ4v) is 3.85. The van der Waals surface area contributed by atoms with Gasteiger partial charge in [0.15, 0.2) is 0 Å². The molecular formula is C18H21ClN2O4S. The molecule has 0 spiro atoms. The maximum atomic E-state index is 12.6. The number of nitrogens with one attached hydrogen (secondary N) is 1. The summed E-state index contributed by atoms with van der Waals surface area (Å²) >= 11 is 5.86. The Morgan fingerprint density at radius 2 is 1.88 bits per heavy atom. The maximum absolute atomic E-state index is 12.6. The highest BCUT2D eigenvalue weighted by Gasteiger charge is 2.29. The molecule has 0 aliphatic heterocycles. The first kappa shape index (κ1) is 20.2. The van der Waals surface area contributed by atoms with Gasteiger partial charge in [-0.25, -0.2) is 8.42 Å². The fraction of sp³-hybridized carbons (Fsp3) is 0.278. The molecule has 1 N–H and O–H groups in total. The van der Waals surface area contributed by atoms with Crippen LogP contribution in [0.1, 0.15) is 12.5 Å². The summed E-state index contributed by atoms with van der Waals surface area (Å²) in [5.41, 5.74) is 1.84. The summed E-state index contributed by atoms with van der Waals surface area (Å²) in [4.78, 5) is 12.6. The van der Waals surface area contributed by atoms with E-state index < -0.39 is 22.0 Å². The Labute approximate surface area is 158 Å². The molecule has 2 aromatic rings. The highest BCUT2D eigenvalue weighted by molar-refractivity contribution is 7.92. The molecule has 0 fully saturated rings. The summed E-state index contributed by atoms with van der Waals surface area (Å²) in [6, 6.07) is 12.5. The third-order valence-electron chi connectivity index (χ3n) is 3.68. The number of sulfonamides is 1. The second-order valence-electron chi connectivity index (χ2n) is 5.83. The van der Waals surface area contributed by atoms with Gasteiger partial charge in [0, 0.05) is 17.8 Å². The molecule has 6 nitrogen and oxygen atoms in total. The van der Waals surface area contributed by atoms with Crippen LogP contribution >= 0.6 is 11.6 Å². The van der Waals surface area contributed by atoms with E-state index in [1.165, 1.54) is 6.92 Å². The molecule has 8 heteroatoms. The summed E-state index contributed by atoms with van der Waals surface area (Å²) in [7, 11) is -2.09. The first-order valence-corrected chi connectivity index (χ1v) is 10.1. The number of anilines is 2. The molecule has 1 atom stereocenters. The number of benzene rings is 2. The van der Waals surface area contributed by atoms with Gasteiger partial charge in [0.05, 0.1) is 18.6 Å². The molecule has 0 saturated heterocycles. The Kier molecular flexibility index (Phi) is 6.63. The summed E-state index contributed by atoms with van der Waals surface area (Å²) < 4.78 is 30.6. The zero-order valence-electron chi connectivity index (χ0n) is 14.8. The van der Waals surface area contributed by atoms with Gasteiger partial charge in [-0.15, -0.1) is 0 Å². The van der Waals surface area contributed by atoms with Crippen LogP contribution in [0.2, 0.25) is 5.02 Å². The molecule has 0 saturated carbocycles. The average Bonchev–Trinajstić information content (AvgIpc) is 2.56. The lowest BCUT2D eigenvalue weighted by Gasteiger charge is -2.28. The zero-order valence-corrected chi connectivity index (χ0v) is 16.3. The van der Waals surface area contributed by atoms with Crippen molar-refractivity contribution in [2.24, 2.45) is 0 Å². The number of hydrogen-bond acceptors (Lipinski definition) is 4. The molecule has 0 unspecified atom stereocenters. The number of hydrogen-bond donors (Lipinski definition) is 1. The molecule has 0 bridgehead atoms. The minimum atomic E-state index is -3.67. The zero-order chi connectivity index (χ0) is 19.3. The summed E-state index contributed by atoms with van der Waals surface area (Å²) in [5.74, 6) is -0.444. The van der Waals surface area contributed by atoms with E-state index in [2.05, 4.69) is 5.32 Å². The SMILES string of the molecule is COCc1cccc(NC(=O)[C@H](C)N(c2ccc(Cl)cc2)S(C)(=O)=O)c1. The molecule has 0 heterocycles. The number of rotatable bonds is 7. The number of ether oxygens (including phenoxy) is 1. The van der Waals surface area contributed by atoms with E-state index in [1.54, 1.807) is 49.6 Å². The van der Waals surface area contributed by atoms with Gasteiger partial charge in [-0.3, -0.25) is 9.10 Å². The molecule has 26 heavy (non-hydrogen) atoms. The van der Waals surface area contributed by atoms with E-state index in [0.29, 0.717) is 23.0 Å². The van der Waals surface area contributed by atoms with Gasteiger partial charge in [0.1, 0.15) is 6.04 Å². The molecule has 1 amide bonds. The van der Waals surface area contributed by atoms with Crippen LogP contribution < -0.4 is 9.62 Å². The van der Waals surface area contributed by atoms with Gasteiger partial charge in [-0.1, -0.05) is 23.7 Å². The Morgan fingerprint density at radius 1 is 1.23 bits per heavy atom. The summed E-state index contributed by atoms with van der Waals surface area (Å²) in [6.45, 7) is 1.95. The van der Waals surface area contributed by atoms with Crippen LogP contribution in [0.15, 0.2) is 48.5 Å². The van der Waals surface area contributed by atoms with Gasteiger partial charge in [-0.05, 0) is 48.9 Å². The molecule has 0 aromatic heterocycles. The van der Waals surface area contributed by atoms with Crippen molar-refractivity contribution in [3.8, 4) is 0 Å². The third kappa shape index (κ3) is 5.20. The number of carbonyl (C=O) groups is 1. The van der Waals surface area contributed by atoms with Crippen LogP contribution in [0, 0.1) is 0 Å². The standard InChI is InChI=1S/C18H21ClN2O4S/c1-13(18(22)20-16-6-4-5-14(11-16)12-25-2)21(26(3,23)24)17-9-7-15(19)8-10-17/h4-11,13H,12H2,1-3H3,(H,20,22)/t13-/m0/s1. The van der Waals surface area contributed by atoms with E-state index in [1.807, 2.05) is 6.07 Å². The minimum Gasteiger partial charge on any atom is -0.380 e. The smallest absolute Gasteiger partial charge is 0.247 e. The van der Waals surface area contributed by atoms with Crippen molar-refractivity contribution in [2.75, 3.05) is 23.0 Å². The predicted octanol–water partition coefficient (Wildman–Crippen LogP) is 3.28. The van der Waals surface area contributed by atoms with E-state index in [4.69, 9.17) is 16.3 Å². The lowest BCUT2D eigenvalue weighted by molar-refractivity contribution is -0.116. The highest BCUT2D eigenvalue weighted by Crippen LogP contribution is 2.23. The van der Waals surface area contributed by atoms with Gasteiger partial charge in [0.2, 0.25) is 15.9 Å². The quantitative estimate of drug-likeness (QED) is 0.779. The fourth-order valence-electron chi connectivity index (χ4n) is 2.55. The van der Waals surface area contributed by atoms with Crippen molar-refractivity contribution < 1.29 is 17.9 Å². The Bertz CT molecular complexity index is 869. The predicted molar refractivity (Wildman–Crippen MR) is 104 cm³/mol. The van der Waals surface area contributed by atoms with Crippen molar-refractivity contribution in [3.63, 3.8) is 0 Å². The van der Waals surface area contributed by atoms with E-state index in [-0.39, 0.29) is 0 Å². The molecule has 2 aromatic carbocycles. The van der Waals surface area contributed by atoms with E-state index >= 15 is 0 Å². The van der Waals surface area contributed by atoms with Crippen molar-refractivity contribution in [2.45, 2.75) is 19.6 Å². The molecule has 0 aliphatic carbocycles. The molecule has 0 aliphatic rings. The van der Waals surface area contributed by atoms with Crippen LogP contribution in [0.5, 0.6) is 0 Å². The number of amides is 1. The monoisotopic (exact) mass is 396 g/mol. The van der Waals surface area contributed by atoms with Crippen LogP contribution in [0.25, 0.3) is 0 Å². The maximum Gasteiger partial charge on any atom is 0.247 e. The second-order valence-corrected chi connectivity index (χ2v) is 8.13. The highest BCUT2D eigenvalue weighted by atomic mass is 35.5. The Balaban J connectivity index is 2.25. The number of nitrogens with zero attached hydrogens (tertiary/aromatic N) is 1. The van der Waals surface area contributed by atoms with E-state index in [0.717, 1.165) is 16.1 Å². The molecule has 0 radical (unpaired) electrons. The molecular weight excluding hydrogens is 376 g/mol. The van der Waals surface area contributed by atoms with Crippen molar-refractivity contribution in [1.29, 1.82) is 0 Å². The van der Waals surface area contributed by atoms with Crippen molar-refractivity contribution in [1.82, 2.24) is 0 Å². The molecule has 140 valence electrons. The van der Waals surface area contributed by atoms with E-state index in [9.17, 15) is 13.2 Å². The lowest BCUT2D eigenvalue weighted by Crippen LogP contribution is -2.45. The molecule has 2 rings (SSSR count). The first-order chi connectivity index (χ1) is 12.2. The van der Waals surface area contributed by atoms with Gasteiger partial charge < -0.3 is 10.1 Å². The van der Waals surface area contributed by atoms with Crippen LogP contribution in [0.3, 0.4) is 0 Å². The topological polar surface area (TPSA) is 75.7 Å². The van der Waals surface area contributed by atoms with Crippen LogP contribution in [0.4, 0.5) is 11.4 Å². The van der Waals surface area contributed by atoms with Crippen LogP contribution in [-0.4, -0.2) is 33.7 Å². The normalized spacial score (nSPS) is 12.5. The third-order valence-corrected chi connectivity index (χ3v) is 5.17. The number of carbonyl (C=O) groups excluding carboxylic acids is 1. The summed E-state index contributed by atoms with van der Waals surface area (Å²) in [5, 5.41) is 3.23. The average molecular weight is 397 g/mol. The lowest BCUT2D eigenvalue weighted by atomic mass is 10.2. The Hall–Kier alpha value is -2.09. The van der Waals surface area contributed by atoms with Gasteiger partial charge in [-0.2, -0.15) is 0 Å². The number of methoxy groups -OCH3 is 1. The van der Waals surface area contributed by atoms with Crippen molar-refractivity contribution in [3.05, 3.63) is 59.1 Å². The number of halogens is 1. The van der Waals surface area contributed by atoms with Crippen molar-refractivity contribution >= 4 is 38.9 Å². The second kappa shape index (κ2) is 8.53. The first-order valence-electron chi connectivity index (χ1n) is 7.86. The Morgan fingerprint density at radius 3 is 2.46 bits per heavy atom. The van der Waals surface area contributed by atoms with Gasteiger partial charge >= 0.3 is 0 Å². The van der Waals surface area contributed by atoms with Gasteiger partial charge in [0.25, 0.3) is 0 Å². The van der Waals surface area contributed by atoms with Crippen LogP contribution in [-0.2, 0) is 26.2 Å². The largest absolute Gasteiger partial charge is 0.380 e. The summed E-state index contributed by atoms with van der Waals surface area (Å²) in [6.07, 6.45) is 1.06.